The van der Waals surface area contributed by atoms with Crippen molar-refractivity contribution in [3.63, 3.8) is 0 Å². The molecule has 0 aliphatic rings. The maximum absolute atomic E-state index is 5.98. The molecule has 90 valence electrons. The summed E-state index contributed by atoms with van der Waals surface area (Å²) in [5, 5.41) is 6.27. The summed E-state index contributed by atoms with van der Waals surface area (Å²) in [6.07, 6.45) is 0. The Balaban J connectivity index is 2.01. The summed E-state index contributed by atoms with van der Waals surface area (Å²) in [6.45, 7) is 1.40. The van der Waals surface area contributed by atoms with E-state index < -0.39 is 0 Å². The van der Waals surface area contributed by atoms with Gasteiger partial charge < -0.3 is 11.1 Å². The molecule has 0 aliphatic carbocycles. The average molecular weight is 267 g/mol. The maximum Gasteiger partial charge on any atom is 0.0447 e. The van der Waals surface area contributed by atoms with E-state index in [1.807, 2.05) is 24.3 Å². The Kier molecular flexibility index (Phi) is 4.57. The second-order valence-corrected chi connectivity index (χ2v) is 5.27. The molecule has 0 saturated carbocycles. The Hall–Kier alpha value is -0.870. The van der Waals surface area contributed by atoms with Crippen molar-refractivity contribution in [2.75, 3.05) is 6.54 Å². The summed E-state index contributed by atoms with van der Waals surface area (Å²) >= 11 is 7.72. The molecule has 0 amide bonds. The summed E-state index contributed by atoms with van der Waals surface area (Å²) < 4.78 is 0. The van der Waals surface area contributed by atoms with E-state index in [0.717, 1.165) is 17.1 Å². The van der Waals surface area contributed by atoms with Gasteiger partial charge in [-0.05, 0) is 29.1 Å². The van der Waals surface area contributed by atoms with Gasteiger partial charge in [-0.25, -0.2) is 0 Å². The lowest BCUT2D eigenvalue weighted by Gasteiger charge is -2.17. The molecule has 2 nitrogen and oxygen atoms in total. The molecule has 0 spiro atoms. The van der Waals surface area contributed by atoms with E-state index in [1.54, 1.807) is 11.3 Å². The topological polar surface area (TPSA) is 38.0 Å². The number of rotatable bonds is 5. The van der Waals surface area contributed by atoms with Gasteiger partial charge in [0.25, 0.3) is 0 Å². The quantitative estimate of drug-likeness (QED) is 0.872. The fourth-order valence-electron chi connectivity index (χ4n) is 1.70. The van der Waals surface area contributed by atoms with Crippen LogP contribution in [-0.2, 0) is 6.54 Å². The second-order valence-electron chi connectivity index (χ2n) is 3.80. The highest BCUT2D eigenvalue weighted by atomic mass is 35.5. The number of nitrogens with two attached hydrogens (primary N) is 1. The Labute approximate surface area is 110 Å². The van der Waals surface area contributed by atoms with Gasteiger partial charge in [0.05, 0.1) is 0 Å². The predicted molar refractivity (Wildman–Crippen MR) is 74.4 cm³/mol. The minimum absolute atomic E-state index is 0.149. The van der Waals surface area contributed by atoms with Crippen LogP contribution in [0.2, 0.25) is 5.02 Å². The molecular formula is C13H15ClN2S. The van der Waals surface area contributed by atoms with Crippen LogP contribution >= 0.6 is 22.9 Å². The van der Waals surface area contributed by atoms with Crippen LogP contribution in [0.5, 0.6) is 0 Å². The van der Waals surface area contributed by atoms with Crippen molar-refractivity contribution in [1.29, 1.82) is 0 Å². The van der Waals surface area contributed by atoms with Gasteiger partial charge in [0, 0.05) is 29.0 Å². The molecule has 2 rings (SSSR count). The Morgan fingerprint density at radius 3 is 2.82 bits per heavy atom. The van der Waals surface area contributed by atoms with Gasteiger partial charge in [-0.1, -0.05) is 29.8 Å². The molecule has 4 heteroatoms. The SMILES string of the molecule is NCC(NCc1cccs1)c1cccc(Cl)c1. The molecule has 0 bridgehead atoms. The molecule has 1 atom stereocenters. The summed E-state index contributed by atoms with van der Waals surface area (Å²) in [5.74, 6) is 0. The summed E-state index contributed by atoms with van der Waals surface area (Å²) in [5.41, 5.74) is 6.93. The first-order chi connectivity index (χ1) is 8.29. The van der Waals surface area contributed by atoms with Crippen LogP contribution in [-0.4, -0.2) is 6.54 Å². The third-order valence-electron chi connectivity index (χ3n) is 2.59. The molecule has 1 aromatic heterocycles. The van der Waals surface area contributed by atoms with Crippen molar-refractivity contribution in [2.24, 2.45) is 5.73 Å². The van der Waals surface area contributed by atoms with E-state index in [0.29, 0.717) is 6.54 Å². The third kappa shape index (κ3) is 3.54. The number of hydrogen-bond donors (Lipinski definition) is 2. The van der Waals surface area contributed by atoms with Crippen LogP contribution < -0.4 is 11.1 Å². The minimum atomic E-state index is 0.149. The van der Waals surface area contributed by atoms with E-state index in [2.05, 4.69) is 22.8 Å². The number of halogens is 1. The normalized spacial score (nSPS) is 12.6. The highest BCUT2D eigenvalue weighted by molar-refractivity contribution is 7.09. The molecular weight excluding hydrogens is 252 g/mol. The molecule has 1 heterocycles. The maximum atomic E-state index is 5.98. The van der Waals surface area contributed by atoms with Crippen LogP contribution in [0.25, 0.3) is 0 Å². The third-order valence-corrected chi connectivity index (χ3v) is 3.70. The number of nitrogens with one attached hydrogen (secondary N) is 1. The van der Waals surface area contributed by atoms with Crippen molar-refractivity contribution in [1.82, 2.24) is 5.32 Å². The van der Waals surface area contributed by atoms with Crippen molar-refractivity contribution in [3.05, 3.63) is 57.2 Å². The number of thiophene rings is 1. The number of hydrogen-bond acceptors (Lipinski definition) is 3. The molecule has 2 aromatic rings. The fourth-order valence-corrected chi connectivity index (χ4v) is 2.55. The monoisotopic (exact) mass is 266 g/mol. The van der Waals surface area contributed by atoms with E-state index in [4.69, 9.17) is 17.3 Å². The highest BCUT2D eigenvalue weighted by Gasteiger charge is 2.09. The average Bonchev–Trinajstić information content (AvgIpc) is 2.83. The summed E-state index contributed by atoms with van der Waals surface area (Å²) in [7, 11) is 0. The van der Waals surface area contributed by atoms with Crippen molar-refractivity contribution >= 4 is 22.9 Å². The van der Waals surface area contributed by atoms with Crippen molar-refractivity contribution in [2.45, 2.75) is 12.6 Å². The van der Waals surface area contributed by atoms with Crippen molar-refractivity contribution in [3.8, 4) is 0 Å². The van der Waals surface area contributed by atoms with Crippen LogP contribution in [0.3, 0.4) is 0 Å². The van der Waals surface area contributed by atoms with Gasteiger partial charge >= 0.3 is 0 Å². The van der Waals surface area contributed by atoms with Gasteiger partial charge in [0.1, 0.15) is 0 Å². The van der Waals surface area contributed by atoms with Crippen LogP contribution in [0.15, 0.2) is 41.8 Å². The standard InChI is InChI=1S/C13H15ClN2S/c14-11-4-1-3-10(7-11)13(8-15)16-9-12-5-2-6-17-12/h1-7,13,16H,8-9,15H2. The van der Waals surface area contributed by atoms with Crippen LogP contribution in [0, 0.1) is 0 Å². The largest absolute Gasteiger partial charge is 0.329 e. The summed E-state index contributed by atoms with van der Waals surface area (Å²) in [4.78, 5) is 1.31. The Bertz CT molecular complexity index is 456. The van der Waals surface area contributed by atoms with E-state index in [-0.39, 0.29) is 6.04 Å². The smallest absolute Gasteiger partial charge is 0.0447 e. The molecule has 1 aromatic carbocycles. The van der Waals surface area contributed by atoms with Crippen molar-refractivity contribution < 1.29 is 0 Å². The van der Waals surface area contributed by atoms with E-state index in [9.17, 15) is 0 Å². The lowest BCUT2D eigenvalue weighted by atomic mass is 10.1. The van der Waals surface area contributed by atoms with Gasteiger partial charge in [0.2, 0.25) is 0 Å². The molecule has 1 unspecified atom stereocenters. The number of benzene rings is 1. The highest BCUT2D eigenvalue weighted by Crippen LogP contribution is 2.18. The summed E-state index contributed by atoms with van der Waals surface area (Å²) in [6, 6.07) is 12.1. The molecule has 17 heavy (non-hydrogen) atoms. The first-order valence-corrected chi connectivity index (χ1v) is 6.76. The zero-order valence-electron chi connectivity index (χ0n) is 9.40. The fraction of sp³-hybridized carbons (Fsp3) is 0.231. The zero-order chi connectivity index (χ0) is 12.1. The Morgan fingerprint density at radius 2 is 2.18 bits per heavy atom. The van der Waals surface area contributed by atoms with Crippen LogP contribution in [0.4, 0.5) is 0 Å². The first-order valence-electron chi connectivity index (χ1n) is 5.51. The van der Waals surface area contributed by atoms with Gasteiger partial charge in [-0.15, -0.1) is 11.3 Å². The predicted octanol–water partition coefficient (Wildman–Crippen LogP) is 3.19. The van der Waals surface area contributed by atoms with E-state index in [1.165, 1.54) is 4.88 Å². The van der Waals surface area contributed by atoms with E-state index >= 15 is 0 Å². The molecule has 3 N–H and O–H groups in total. The first kappa shape index (κ1) is 12.6. The lowest BCUT2D eigenvalue weighted by Crippen LogP contribution is -2.27. The van der Waals surface area contributed by atoms with Crippen LogP contribution in [0.1, 0.15) is 16.5 Å². The molecule has 0 saturated heterocycles. The zero-order valence-corrected chi connectivity index (χ0v) is 11.0. The molecule has 0 aliphatic heterocycles. The van der Waals surface area contributed by atoms with Gasteiger partial charge in [0.15, 0.2) is 0 Å². The van der Waals surface area contributed by atoms with Gasteiger partial charge in [-0.2, -0.15) is 0 Å². The molecule has 0 fully saturated rings. The Morgan fingerprint density at radius 1 is 1.29 bits per heavy atom. The lowest BCUT2D eigenvalue weighted by molar-refractivity contribution is 0.545. The molecule has 0 radical (unpaired) electrons. The minimum Gasteiger partial charge on any atom is -0.329 e. The van der Waals surface area contributed by atoms with Gasteiger partial charge in [-0.3, -0.25) is 0 Å². The second kappa shape index (κ2) is 6.17.